The van der Waals surface area contributed by atoms with Gasteiger partial charge in [-0.2, -0.15) is 0 Å². The number of aryl methyl sites for hydroxylation is 1. The molecule has 4 saturated heterocycles. The number of hydrogen-bond donors (Lipinski definition) is 1. The van der Waals surface area contributed by atoms with E-state index in [1.54, 1.807) is 11.1 Å². The molecule has 2 bridgehead atoms. The Labute approximate surface area is 268 Å². The van der Waals surface area contributed by atoms with Crippen LogP contribution in [0.1, 0.15) is 51.3 Å². The number of nitrogens with zero attached hydrogens (tertiary/aromatic N) is 6. The van der Waals surface area contributed by atoms with Crippen molar-refractivity contribution < 1.29 is 20.1 Å². The summed E-state index contributed by atoms with van der Waals surface area (Å²) in [4.78, 5) is 28.5. The number of fused-ring (bicyclic) bond motifs is 5. The van der Waals surface area contributed by atoms with E-state index < -0.39 is 5.82 Å². The molecule has 1 saturated carbocycles. The summed E-state index contributed by atoms with van der Waals surface area (Å²) in [6, 6.07) is 11.1. The van der Waals surface area contributed by atoms with E-state index in [4.69, 9.17) is 19.4 Å². The molecule has 1 amide bonds. The van der Waals surface area contributed by atoms with Crippen LogP contribution in [-0.4, -0.2) is 88.4 Å². The van der Waals surface area contributed by atoms with Gasteiger partial charge in [0.05, 0.1) is 30.0 Å². The number of para-hydroxylation sites is 1. The van der Waals surface area contributed by atoms with Crippen molar-refractivity contribution in [1.29, 1.82) is 0 Å². The minimum absolute atomic E-state index is 0. The highest BCUT2D eigenvalue weighted by Crippen LogP contribution is 2.49. The molecule has 1 aliphatic carbocycles. The van der Waals surface area contributed by atoms with Crippen molar-refractivity contribution in [3.05, 3.63) is 53.6 Å². The van der Waals surface area contributed by atoms with Crippen LogP contribution in [0.3, 0.4) is 0 Å². The third kappa shape index (κ3) is 4.31. The molecule has 8 heterocycles. The summed E-state index contributed by atoms with van der Waals surface area (Å²) in [5, 5.41) is 5.17. The summed E-state index contributed by atoms with van der Waals surface area (Å²) in [7, 11) is 2.14. The van der Waals surface area contributed by atoms with E-state index >= 15 is 4.39 Å². The molecule has 1 aromatic carbocycles. The summed E-state index contributed by atoms with van der Waals surface area (Å²) in [5.74, 6) is 0.766. The van der Waals surface area contributed by atoms with Crippen LogP contribution in [0.5, 0.6) is 5.88 Å². The SMILES string of the molecule is C[C@H](Oc1nc2c(F)c(N3CCCc4ccccc43)ncc2c2c1cc(CN1CCOC1=O)n2C1C2CNC1C2)[C@@H]1CCCN1C.[HH]. The van der Waals surface area contributed by atoms with Crippen LogP contribution in [0.25, 0.3) is 21.8 Å². The van der Waals surface area contributed by atoms with Crippen LogP contribution in [0, 0.1) is 11.7 Å². The quantitative estimate of drug-likeness (QED) is 0.292. The third-order valence-corrected chi connectivity index (χ3v) is 11.2. The van der Waals surface area contributed by atoms with Gasteiger partial charge < -0.3 is 24.3 Å². The summed E-state index contributed by atoms with van der Waals surface area (Å²) >= 11 is 0. The Balaban J connectivity index is 0.00000324. The predicted octanol–water partition coefficient (Wildman–Crippen LogP) is 5.40. The summed E-state index contributed by atoms with van der Waals surface area (Å²) < 4.78 is 31.4. The molecule has 11 heteroatoms. The molecule has 46 heavy (non-hydrogen) atoms. The lowest BCUT2D eigenvalue weighted by Gasteiger charge is -2.38. The minimum atomic E-state index is -0.432. The summed E-state index contributed by atoms with van der Waals surface area (Å²) in [6.45, 7) is 6.10. The predicted molar refractivity (Wildman–Crippen MR) is 175 cm³/mol. The number of halogens is 1. The summed E-state index contributed by atoms with van der Waals surface area (Å²) in [6.07, 6.45) is 6.53. The molecule has 10 nitrogen and oxygen atoms in total. The van der Waals surface area contributed by atoms with Crippen LogP contribution in [0.4, 0.5) is 20.7 Å². The second-order valence-electron chi connectivity index (χ2n) is 13.8. The van der Waals surface area contributed by atoms with Crippen molar-refractivity contribution in [1.82, 2.24) is 29.7 Å². The van der Waals surface area contributed by atoms with Crippen molar-refractivity contribution in [2.24, 2.45) is 5.92 Å². The maximum absolute atomic E-state index is 17.0. The molecular formula is C35H42FN7O3. The fourth-order valence-corrected chi connectivity index (χ4v) is 8.81. The van der Waals surface area contributed by atoms with Gasteiger partial charge >= 0.3 is 6.09 Å². The zero-order chi connectivity index (χ0) is 31.1. The smallest absolute Gasteiger partial charge is 0.410 e. The van der Waals surface area contributed by atoms with Crippen LogP contribution < -0.4 is 15.0 Å². The van der Waals surface area contributed by atoms with E-state index in [0.29, 0.717) is 55.3 Å². The molecule has 5 atom stereocenters. The van der Waals surface area contributed by atoms with Crippen LogP contribution in [-0.2, 0) is 17.7 Å². The Kier molecular flexibility index (Phi) is 6.64. The first-order valence-electron chi connectivity index (χ1n) is 16.9. The molecule has 5 fully saturated rings. The van der Waals surface area contributed by atoms with Crippen molar-refractivity contribution in [3.8, 4) is 5.88 Å². The number of cyclic esters (lactones) is 1. The Morgan fingerprint density at radius 3 is 2.85 bits per heavy atom. The second-order valence-corrected chi connectivity index (χ2v) is 13.8. The number of ether oxygens (including phenoxy) is 2. The zero-order valence-corrected chi connectivity index (χ0v) is 26.4. The van der Waals surface area contributed by atoms with E-state index in [9.17, 15) is 4.79 Å². The van der Waals surface area contributed by atoms with Crippen LogP contribution in [0.15, 0.2) is 36.5 Å². The molecule has 0 spiro atoms. The summed E-state index contributed by atoms with van der Waals surface area (Å²) in [5.41, 5.74) is 4.33. The van der Waals surface area contributed by atoms with Gasteiger partial charge in [-0.3, -0.25) is 9.80 Å². The standard InChI is InChI=1S/C35H40FN7O3.H2/c1-20(27-10-6-11-40(27)2)46-34-24-16-23(19-41-13-14-45-35(41)44)43(31-22-15-26(31)37-17-22)32(24)25-18-38-33(29(36)30(25)39-34)42-12-5-8-21-7-3-4-9-28(21)42;/h3-4,7,9,16,18,20,22,26-27,31,37H,5-6,8,10-15,17,19H2,1-2H3;1H/t20-,22?,26?,27-,31?;/m0./s1. The second kappa shape index (κ2) is 10.8. The topological polar surface area (TPSA) is 88.0 Å². The number of hydrogen-bond acceptors (Lipinski definition) is 8. The van der Waals surface area contributed by atoms with Crippen LogP contribution in [0.2, 0.25) is 0 Å². The highest BCUT2D eigenvalue weighted by Gasteiger charge is 2.49. The molecule has 10 rings (SSSR count). The number of rotatable bonds is 7. The molecule has 6 aliphatic rings. The molecule has 0 radical (unpaired) electrons. The number of nitrogens with one attached hydrogen (secondary N) is 1. The fourth-order valence-electron chi connectivity index (χ4n) is 8.81. The highest BCUT2D eigenvalue weighted by molar-refractivity contribution is 6.07. The molecule has 5 aliphatic heterocycles. The number of amides is 1. The van der Waals surface area contributed by atoms with Gasteiger partial charge in [0.15, 0.2) is 11.6 Å². The zero-order valence-electron chi connectivity index (χ0n) is 26.4. The molecule has 242 valence electrons. The molecule has 3 aromatic heterocycles. The normalized spacial score (nSPS) is 26.5. The van der Waals surface area contributed by atoms with Crippen molar-refractivity contribution >= 4 is 39.4 Å². The number of likely N-dealkylation sites (N-methyl/N-ethyl adjacent to an activating group) is 1. The van der Waals surface area contributed by atoms with Gasteiger partial charge in [-0.1, -0.05) is 18.2 Å². The van der Waals surface area contributed by atoms with E-state index in [0.717, 1.165) is 67.5 Å². The van der Waals surface area contributed by atoms with E-state index in [-0.39, 0.29) is 31.2 Å². The number of aromatic nitrogens is 3. The number of likely N-dealkylation sites (tertiary alicyclic amines) is 1. The third-order valence-electron chi connectivity index (χ3n) is 11.2. The lowest BCUT2D eigenvalue weighted by molar-refractivity contribution is 0.119. The van der Waals surface area contributed by atoms with Crippen molar-refractivity contribution in [2.45, 2.75) is 69.8 Å². The highest BCUT2D eigenvalue weighted by atomic mass is 19.1. The number of anilines is 2. The Hall–Kier alpha value is -3.96. The Morgan fingerprint density at radius 2 is 2.09 bits per heavy atom. The maximum atomic E-state index is 17.0. The van der Waals surface area contributed by atoms with Crippen molar-refractivity contribution in [3.63, 3.8) is 0 Å². The monoisotopic (exact) mass is 627 g/mol. The largest absolute Gasteiger partial charge is 0.472 e. The van der Waals surface area contributed by atoms with E-state index in [1.807, 2.05) is 23.1 Å². The fraction of sp³-hybridized carbons (Fsp3) is 0.514. The molecule has 3 unspecified atom stereocenters. The molecule has 1 N–H and O–H groups in total. The van der Waals surface area contributed by atoms with Crippen molar-refractivity contribution in [2.75, 3.05) is 44.7 Å². The average molecular weight is 628 g/mol. The minimum Gasteiger partial charge on any atom is -0.472 e. The first-order valence-corrected chi connectivity index (χ1v) is 16.9. The average Bonchev–Trinajstić information content (AvgIpc) is 3.90. The maximum Gasteiger partial charge on any atom is 0.410 e. The lowest BCUT2D eigenvalue weighted by atomic mass is 9.79. The Bertz CT molecular complexity index is 1850. The van der Waals surface area contributed by atoms with Gasteiger partial charge in [0, 0.05) is 49.6 Å². The van der Waals surface area contributed by atoms with Gasteiger partial charge in [0.25, 0.3) is 0 Å². The number of carbonyl (C=O) groups is 1. The van der Waals surface area contributed by atoms with E-state index in [1.165, 1.54) is 5.56 Å². The number of carbonyl (C=O) groups excluding carboxylic acids is 1. The van der Waals surface area contributed by atoms with Crippen LogP contribution >= 0.6 is 0 Å². The van der Waals surface area contributed by atoms with Gasteiger partial charge in [-0.15, -0.1) is 0 Å². The van der Waals surface area contributed by atoms with E-state index in [2.05, 4.69) is 40.9 Å². The number of benzene rings is 1. The molecule has 4 aromatic rings. The van der Waals surface area contributed by atoms with Gasteiger partial charge in [0.2, 0.25) is 5.88 Å². The van der Waals surface area contributed by atoms with Gasteiger partial charge in [0.1, 0.15) is 18.2 Å². The Morgan fingerprint density at radius 1 is 1.20 bits per heavy atom. The first kappa shape index (κ1) is 28.3. The molecular weight excluding hydrogens is 585 g/mol. The number of pyridine rings is 2. The lowest BCUT2D eigenvalue weighted by Crippen LogP contribution is -2.40. The van der Waals surface area contributed by atoms with Gasteiger partial charge in [-0.25, -0.2) is 19.2 Å². The van der Waals surface area contributed by atoms with Gasteiger partial charge in [-0.05, 0) is 76.2 Å². The first-order chi connectivity index (χ1) is 22.5.